The number of amides is 1. The van der Waals surface area contributed by atoms with Gasteiger partial charge in [-0.15, -0.1) is 0 Å². The second-order valence-corrected chi connectivity index (χ2v) is 6.81. The molecule has 0 bridgehead atoms. The van der Waals surface area contributed by atoms with E-state index in [-0.39, 0.29) is 12.5 Å². The van der Waals surface area contributed by atoms with Crippen molar-refractivity contribution in [3.63, 3.8) is 0 Å². The number of hydrogen-bond donors (Lipinski definition) is 2. The average Bonchev–Trinajstić information content (AvgIpc) is 2.72. The van der Waals surface area contributed by atoms with Gasteiger partial charge in [0.15, 0.2) is 0 Å². The second kappa shape index (κ2) is 10.4. The van der Waals surface area contributed by atoms with Crippen LogP contribution in [0, 0.1) is 0 Å². The smallest absolute Gasteiger partial charge is 0.243 e. The molecule has 0 aliphatic carbocycles. The fraction of sp³-hybridized carbons (Fsp3) is 0.174. The lowest BCUT2D eigenvalue weighted by molar-refractivity contribution is -0.114. The van der Waals surface area contributed by atoms with Crippen LogP contribution in [0.15, 0.2) is 78.9 Å². The largest absolute Gasteiger partial charge is 0.494 e. The Morgan fingerprint density at radius 1 is 0.893 bits per heavy atom. The molecule has 3 aromatic carbocycles. The molecule has 0 atom stereocenters. The number of carbonyl (C=O) groups is 1. The molecular formula is C23H23ClN2O2. The van der Waals surface area contributed by atoms with E-state index in [0.717, 1.165) is 24.3 Å². The molecule has 0 heterocycles. The summed E-state index contributed by atoms with van der Waals surface area (Å²) in [6.07, 6.45) is 1.92. The molecule has 3 rings (SSSR count). The molecule has 0 aromatic heterocycles. The van der Waals surface area contributed by atoms with Crippen molar-refractivity contribution in [1.29, 1.82) is 0 Å². The molecular weight excluding hydrogens is 372 g/mol. The molecule has 2 N–H and O–H groups in total. The zero-order valence-electron chi connectivity index (χ0n) is 15.5. The summed E-state index contributed by atoms with van der Waals surface area (Å²) in [6, 6.07) is 25.0. The summed E-state index contributed by atoms with van der Waals surface area (Å²) in [4.78, 5) is 12.1. The first-order valence-corrected chi connectivity index (χ1v) is 9.63. The van der Waals surface area contributed by atoms with E-state index in [0.29, 0.717) is 17.3 Å². The average molecular weight is 395 g/mol. The number of nitrogens with one attached hydrogen (secondary N) is 2. The van der Waals surface area contributed by atoms with Crippen LogP contribution in [0.4, 0.5) is 11.4 Å². The van der Waals surface area contributed by atoms with Crippen molar-refractivity contribution in [2.75, 3.05) is 23.8 Å². The van der Waals surface area contributed by atoms with Crippen LogP contribution < -0.4 is 15.4 Å². The van der Waals surface area contributed by atoms with Gasteiger partial charge in [0.2, 0.25) is 5.91 Å². The lowest BCUT2D eigenvalue weighted by atomic mass is 10.1. The Morgan fingerprint density at radius 3 is 2.46 bits per heavy atom. The van der Waals surface area contributed by atoms with Crippen LogP contribution in [0.2, 0.25) is 5.02 Å². The summed E-state index contributed by atoms with van der Waals surface area (Å²) in [5, 5.41) is 6.60. The van der Waals surface area contributed by atoms with E-state index in [1.807, 2.05) is 54.6 Å². The van der Waals surface area contributed by atoms with Gasteiger partial charge in [0.05, 0.1) is 13.2 Å². The van der Waals surface area contributed by atoms with Crippen molar-refractivity contribution in [2.24, 2.45) is 0 Å². The number of benzene rings is 3. The fourth-order valence-electron chi connectivity index (χ4n) is 2.73. The Kier molecular flexibility index (Phi) is 7.33. The Morgan fingerprint density at radius 2 is 1.68 bits per heavy atom. The summed E-state index contributed by atoms with van der Waals surface area (Å²) in [5.41, 5.74) is 2.86. The maximum atomic E-state index is 12.1. The third kappa shape index (κ3) is 6.63. The number of anilines is 2. The van der Waals surface area contributed by atoms with Crippen LogP contribution in [0.3, 0.4) is 0 Å². The van der Waals surface area contributed by atoms with Crippen LogP contribution >= 0.6 is 11.6 Å². The molecule has 0 spiro atoms. The van der Waals surface area contributed by atoms with Crippen LogP contribution in [0.1, 0.15) is 12.0 Å². The van der Waals surface area contributed by atoms with Crippen LogP contribution in [-0.4, -0.2) is 19.1 Å². The normalized spacial score (nSPS) is 10.3. The van der Waals surface area contributed by atoms with Crippen LogP contribution in [0.25, 0.3) is 0 Å². The zero-order valence-corrected chi connectivity index (χ0v) is 16.3. The Labute approximate surface area is 170 Å². The van der Waals surface area contributed by atoms with E-state index in [1.54, 1.807) is 12.1 Å². The van der Waals surface area contributed by atoms with E-state index >= 15 is 0 Å². The molecule has 0 aliphatic rings. The van der Waals surface area contributed by atoms with Crippen molar-refractivity contribution in [3.05, 3.63) is 89.4 Å². The minimum atomic E-state index is -0.129. The van der Waals surface area contributed by atoms with E-state index in [9.17, 15) is 4.79 Å². The first kappa shape index (κ1) is 19.8. The summed E-state index contributed by atoms with van der Waals surface area (Å²) < 4.78 is 5.81. The molecule has 1 amide bonds. The van der Waals surface area contributed by atoms with Gasteiger partial charge in [-0.1, -0.05) is 48.0 Å². The van der Waals surface area contributed by atoms with Crippen molar-refractivity contribution in [2.45, 2.75) is 12.8 Å². The number of carbonyl (C=O) groups excluding carboxylic acids is 1. The van der Waals surface area contributed by atoms with E-state index in [4.69, 9.17) is 16.3 Å². The van der Waals surface area contributed by atoms with Gasteiger partial charge in [-0.2, -0.15) is 0 Å². The van der Waals surface area contributed by atoms with Crippen molar-refractivity contribution >= 4 is 28.9 Å². The molecule has 144 valence electrons. The SMILES string of the molecule is O=C(CNc1ccc(Cl)cc1)Nc1cccc(OCCCc2ccccc2)c1. The highest BCUT2D eigenvalue weighted by atomic mass is 35.5. The minimum absolute atomic E-state index is 0.129. The molecule has 3 aromatic rings. The summed E-state index contributed by atoms with van der Waals surface area (Å²) in [5.74, 6) is 0.618. The first-order valence-electron chi connectivity index (χ1n) is 9.25. The van der Waals surface area contributed by atoms with Gasteiger partial charge < -0.3 is 15.4 Å². The molecule has 0 radical (unpaired) electrons. The molecule has 4 nitrogen and oxygen atoms in total. The van der Waals surface area contributed by atoms with Gasteiger partial charge in [-0.05, 0) is 54.8 Å². The van der Waals surface area contributed by atoms with Crippen molar-refractivity contribution < 1.29 is 9.53 Å². The molecule has 0 unspecified atom stereocenters. The lowest BCUT2D eigenvalue weighted by Gasteiger charge is -2.10. The van der Waals surface area contributed by atoms with E-state index in [1.165, 1.54) is 5.56 Å². The Hall–Kier alpha value is -2.98. The predicted octanol–water partition coefficient (Wildman–Crippen LogP) is 5.40. The standard InChI is InChI=1S/C23H23ClN2O2/c24-19-11-13-20(14-12-19)25-17-23(27)26-21-9-4-10-22(16-21)28-15-5-8-18-6-2-1-3-7-18/h1-4,6-7,9-14,16,25H,5,8,15,17H2,(H,26,27). The maximum absolute atomic E-state index is 12.1. The zero-order chi connectivity index (χ0) is 19.6. The number of halogens is 1. The Balaban J connectivity index is 1.42. The third-order valence-corrected chi connectivity index (χ3v) is 4.39. The van der Waals surface area contributed by atoms with E-state index < -0.39 is 0 Å². The van der Waals surface area contributed by atoms with E-state index in [2.05, 4.69) is 22.8 Å². The molecule has 5 heteroatoms. The first-order chi connectivity index (χ1) is 13.7. The lowest BCUT2D eigenvalue weighted by Crippen LogP contribution is -2.21. The molecule has 0 saturated carbocycles. The molecule has 0 fully saturated rings. The van der Waals surface area contributed by atoms with Crippen LogP contribution in [0.5, 0.6) is 5.75 Å². The molecule has 0 aliphatic heterocycles. The highest BCUT2D eigenvalue weighted by molar-refractivity contribution is 6.30. The van der Waals surface area contributed by atoms with Gasteiger partial charge in [0.1, 0.15) is 5.75 Å². The summed E-state index contributed by atoms with van der Waals surface area (Å²) in [7, 11) is 0. The van der Waals surface area contributed by atoms with Gasteiger partial charge >= 0.3 is 0 Å². The van der Waals surface area contributed by atoms with Crippen LogP contribution in [-0.2, 0) is 11.2 Å². The number of ether oxygens (including phenoxy) is 1. The van der Waals surface area contributed by atoms with Crippen molar-refractivity contribution in [3.8, 4) is 5.75 Å². The summed E-state index contributed by atoms with van der Waals surface area (Å²) >= 11 is 5.85. The van der Waals surface area contributed by atoms with Gasteiger partial charge in [-0.3, -0.25) is 4.79 Å². The fourth-order valence-corrected chi connectivity index (χ4v) is 2.86. The maximum Gasteiger partial charge on any atom is 0.243 e. The van der Waals surface area contributed by atoms with Gasteiger partial charge in [-0.25, -0.2) is 0 Å². The highest BCUT2D eigenvalue weighted by Gasteiger charge is 2.04. The topological polar surface area (TPSA) is 50.4 Å². The third-order valence-electron chi connectivity index (χ3n) is 4.14. The number of hydrogen-bond acceptors (Lipinski definition) is 3. The quantitative estimate of drug-likeness (QED) is 0.477. The highest BCUT2D eigenvalue weighted by Crippen LogP contribution is 2.18. The van der Waals surface area contributed by atoms with Crippen molar-refractivity contribution in [1.82, 2.24) is 0 Å². The number of rotatable bonds is 9. The minimum Gasteiger partial charge on any atom is -0.494 e. The van der Waals surface area contributed by atoms with Gasteiger partial charge in [0, 0.05) is 22.5 Å². The predicted molar refractivity (Wildman–Crippen MR) is 115 cm³/mol. The number of aryl methyl sites for hydroxylation is 1. The van der Waals surface area contributed by atoms with Gasteiger partial charge in [0.25, 0.3) is 0 Å². The second-order valence-electron chi connectivity index (χ2n) is 6.37. The molecule has 28 heavy (non-hydrogen) atoms. The molecule has 0 saturated heterocycles. The Bertz CT molecular complexity index is 883. The summed E-state index contributed by atoms with van der Waals surface area (Å²) in [6.45, 7) is 0.800. The monoisotopic (exact) mass is 394 g/mol.